The number of nitrogens with zero attached hydrogens (tertiary/aromatic N) is 3. The Labute approximate surface area is 112 Å². The summed E-state index contributed by atoms with van der Waals surface area (Å²) in [5, 5.41) is 11.1. The second-order valence-electron chi connectivity index (χ2n) is 4.98. The lowest BCUT2D eigenvalue weighted by Gasteiger charge is -2.36. The van der Waals surface area contributed by atoms with Crippen molar-refractivity contribution in [3.05, 3.63) is 28.6 Å². The Morgan fingerprint density at radius 3 is 2.74 bits per heavy atom. The minimum atomic E-state index is -0.362. The molecule has 0 spiro atoms. The highest BCUT2D eigenvalue weighted by atomic mass is 16.6. The average Bonchev–Trinajstić information content (AvgIpc) is 2.42. The van der Waals surface area contributed by atoms with Crippen molar-refractivity contribution >= 4 is 11.4 Å². The molecule has 0 amide bonds. The molecular formula is C13H20N4O2. The lowest BCUT2D eigenvalue weighted by Crippen LogP contribution is -2.41. The Hall–Kier alpha value is -1.69. The van der Waals surface area contributed by atoms with Crippen molar-refractivity contribution in [2.24, 2.45) is 5.73 Å². The van der Waals surface area contributed by atoms with Gasteiger partial charge in [-0.3, -0.25) is 15.1 Å². The zero-order valence-electron chi connectivity index (χ0n) is 11.2. The third kappa shape index (κ3) is 3.01. The van der Waals surface area contributed by atoms with Crippen LogP contribution < -0.4 is 10.6 Å². The Kier molecular flexibility index (Phi) is 4.31. The van der Waals surface area contributed by atoms with E-state index in [2.05, 4.69) is 9.88 Å². The van der Waals surface area contributed by atoms with E-state index in [-0.39, 0.29) is 16.7 Å². The van der Waals surface area contributed by atoms with E-state index in [1.165, 1.54) is 6.20 Å². The predicted molar refractivity (Wildman–Crippen MR) is 74.1 cm³/mol. The number of nitro groups is 1. The van der Waals surface area contributed by atoms with E-state index in [0.717, 1.165) is 32.2 Å². The van der Waals surface area contributed by atoms with Crippen LogP contribution in [0.1, 0.15) is 32.6 Å². The lowest BCUT2D eigenvalue weighted by molar-refractivity contribution is -0.384. The highest BCUT2D eigenvalue weighted by Crippen LogP contribution is 2.32. The molecule has 19 heavy (non-hydrogen) atoms. The van der Waals surface area contributed by atoms with E-state index >= 15 is 0 Å². The van der Waals surface area contributed by atoms with E-state index in [1.54, 1.807) is 12.3 Å². The number of nitrogens with two attached hydrogens (primary N) is 1. The monoisotopic (exact) mass is 264 g/mol. The summed E-state index contributed by atoms with van der Waals surface area (Å²) in [7, 11) is 0. The smallest absolute Gasteiger partial charge is 0.310 e. The first-order valence-corrected chi connectivity index (χ1v) is 6.74. The minimum absolute atomic E-state index is 0.0826. The molecule has 0 saturated heterocycles. The molecule has 1 fully saturated rings. The van der Waals surface area contributed by atoms with E-state index in [4.69, 9.17) is 5.73 Å². The van der Waals surface area contributed by atoms with Crippen LogP contribution in [0.3, 0.4) is 0 Å². The molecule has 2 rings (SSSR count). The van der Waals surface area contributed by atoms with Crippen molar-refractivity contribution in [3.8, 4) is 0 Å². The molecule has 6 heteroatoms. The van der Waals surface area contributed by atoms with Crippen molar-refractivity contribution < 1.29 is 4.92 Å². The topological polar surface area (TPSA) is 85.3 Å². The predicted octanol–water partition coefficient (Wildman–Crippen LogP) is 2.09. The van der Waals surface area contributed by atoms with Crippen LogP contribution in [0.2, 0.25) is 0 Å². The van der Waals surface area contributed by atoms with Gasteiger partial charge >= 0.3 is 5.69 Å². The van der Waals surface area contributed by atoms with Crippen molar-refractivity contribution in [2.75, 3.05) is 11.4 Å². The summed E-state index contributed by atoms with van der Waals surface area (Å²) in [5.74, 6) is 0. The normalized spacial score (nSPS) is 23.1. The van der Waals surface area contributed by atoms with Gasteiger partial charge in [-0.15, -0.1) is 0 Å². The van der Waals surface area contributed by atoms with Crippen LogP contribution in [0.15, 0.2) is 18.5 Å². The maximum atomic E-state index is 11.1. The second-order valence-corrected chi connectivity index (χ2v) is 4.98. The van der Waals surface area contributed by atoms with Gasteiger partial charge in [0, 0.05) is 24.8 Å². The summed E-state index contributed by atoms with van der Waals surface area (Å²) >= 11 is 0. The van der Waals surface area contributed by atoms with Gasteiger partial charge in [0.25, 0.3) is 0 Å². The average molecular weight is 264 g/mol. The summed E-state index contributed by atoms with van der Waals surface area (Å²) < 4.78 is 0. The fourth-order valence-corrected chi connectivity index (χ4v) is 2.80. The van der Waals surface area contributed by atoms with Crippen molar-refractivity contribution in [1.82, 2.24) is 4.98 Å². The molecule has 1 heterocycles. The van der Waals surface area contributed by atoms with E-state index in [1.807, 2.05) is 6.92 Å². The standard InChI is InChI=1S/C13H20N4O2/c1-2-16(11-5-3-10(14)4-6-11)12-7-8-15-9-13(12)17(18)19/h7-11H,2-6,14H2,1H3. The van der Waals surface area contributed by atoms with Gasteiger partial charge < -0.3 is 10.6 Å². The highest BCUT2D eigenvalue weighted by molar-refractivity contribution is 5.62. The van der Waals surface area contributed by atoms with Crippen LogP contribution in [-0.2, 0) is 0 Å². The number of anilines is 1. The third-order valence-corrected chi connectivity index (χ3v) is 3.81. The van der Waals surface area contributed by atoms with Crippen LogP contribution in [0.25, 0.3) is 0 Å². The number of hydrogen-bond donors (Lipinski definition) is 1. The zero-order chi connectivity index (χ0) is 13.8. The summed E-state index contributed by atoms with van der Waals surface area (Å²) in [5.41, 5.74) is 6.67. The minimum Gasteiger partial charge on any atom is -0.363 e. The van der Waals surface area contributed by atoms with Gasteiger partial charge in [0.2, 0.25) is 0 Å². The molecule has 6 nitrogen and oxygen atoms in total. The van der Waals surface area contributed by atoms with Crippen LogP contribution >= 0.6 is 0 Å². The molecule has 2 N–H and O–H groups in total. The van der Waals surface area contributed by atoms with Crippen LogP contribution in [-0.4, -0.2) is 28.5 Å². The SMILES string of the molecule is CCN(c1ccncc1[N+](=O)[O-])C1CCC(N)CC1. The number of hydrogen-bond acceptors (Lipinski definition) is 5. The molecule has 0 radical (unpaired) electrons. The molecule has 0 unspecified atom stereocenters. The summed E-state index contributed by atoms with van der Waals surface area (Å²) in [6.07, 6.45) is 6.90. The Balaban J connectivity index is 2.24. The molecule has 0 bridgehead atoms. The summed E-state index contributed by atoms with van der Waals surface area (Å²) in [4.78, 5) is 16.7. The molecule has 0 aliphatic heterocycles. The van der Waals surface area contributed by atoms with Crippen LogP contribution in [0.5, 0.6) is 0 Å². The first-order chi connectivity index (χ1) is 9.13. The number of rotatable bonds is 4. The van der Waals surface area contributed by atoms with Gasteiger partial charge in [0.05, 0.1) is 4.92 Å². The van der Waals surface area contributed by atoms with Gasteiger partial charge in [0.15, 0.2) is 0 Å². The van der Waals surface area contributed by atoms with Gasteiger partial charge in [-0.25, -0.2) is 0 Å². The fourth-order valence-electron chi connectivity index (χ4n) is 2.80. The molecule has 1 aliphatic carbocycles. The Bertz CT molecular complexity index is 444. The van der Waals surface area contributed by atoms with Gasteiger partial charge in [-0.05, 0) is 38.7 Å². The molecule has 1 aliphatic rings. The van der Waals surface area contributed by atoms with Gasteiger partial charge in [-0.2, -0.15) is 0 Å². The van der Waals surface area contributed by atoms with Crippen molar-refractivity contribution in [1.29, 1.82) is 0 Å². The maximum absolute atomic E-state index is 11.1. The molecule has 1 saturated carbocycles. The van der Waals surface area contributed by atoms with E-state index in [9.17, 15) is 10.1 Å². The quantitative estimate of drug-likeness (QED) is 0.664. The van der Waals surface area contributed by atoms with Crippen molar-refractivity contribution in [2.45, 2.75) is 44.7 Å². The van der Waals surface area contributed by atoms with Gasteiger partial charge in [-0.1, -0.05) is 0 Å². The first-order valence-electron chi connectivity index (χ1n) is 6.74. The molecule has 0 atom stereocenters. The van der Waals surface area contributed by atoms with E-state index in [0.29, 0.717) is 11.7 Å². The van der Waals surface area contributed by atoms with Crippen LogP contribution in [0.4, 0.5) is 11.4 Å². The van der Waals surface area contributed by atoms with Crippen LogP contribution in [0, 0.1) is 10.1 Å². The largest absolute Gasteiger partial charge is 0.363 e. The maximum Gasteiger partial charge on any atom is 0.310 e. The molecule has 104 valence electrons. The summed E-state index contributed by atoms with van der Waals surface area (Å²) in [6.45, 7) is 2.78. The third-order valence-electron chi connectivity index (χ3n) is 3.81. The fraction of sp³-hybridized carbons (Fsp3) is 0.615. The van der Waals surface area contributed by atoms with Crippen molar-refractivity contribution in [3.63, 3.8) is 0 Å². The molecular weight excluding hydrogens is 244 g/mol. The van der Waals surface area contributed by atoms with E-state index < -0.39 is 0 Å². The highest BCUT2D eigenvalue weighted by Gasteiger charge is 2.27. The molecule has 0 aromatic carbocycles. The molecule has 1 aromatic heterocycles. The van der Waals surface area contributed by atoms with Gasteiger partial charge in [0.1, 0.15) is 11.9 Å². The Morgan fingerprint density at radius 2 is 2.16 bits per heavy atom. The summed E-state index contributed by atoms with van der Waals surface area (Å²) in [6, 6.07) is 2.35. The molecule has 1 aromatic rings. The Morgan fingerprint density at radius 1 is 1.47 bits per heavy atom. The number of aromatic nitrogens is 1. The lowest BCUT2D eigenvalue weighted by atomic mass is 9.90. The second kappa shape index (κ2) is 5.97. The zero-order valence-corrected chi connectivity index (χ0v) is 11.2. The number of pyridine rings is 1. The first kappa shape index (κ1) is 13.7.